The van der Waals surface area contributed by atoms with Crippen molar-refractivity contribution < 1.29 is 33.0 Å². The fourth-order valence-electron chi connectivity index (χ4n) is 3.30. The topological polar surface area (TPSA) is 164 Å². The Hall–Kier alpha value is -2.76. The highest BCUT2D eigenvalue weighted by atomic mass is 31.2. The normalized spacial score (nSPS) is 23.9. The maximum atomic E-state index is 13.5. The summed E-state index contributed by atoms with van der Waals surface area (Å²) in [7, 11) is -2.91. The second-order valence-electron chi connectivity index (χ2n) is 7.50. The zero-order chi connectivity index (χ0) is 24.2. The number of aliphatic hydroxyl groups excluding tert-OH is 1. The quantitative estimate of drug-likeness (QED) is 0.348. The lowest BCUT2D eigenvalue weighted by molar-refractivity contribution is -0.142. The van der Waals surface area contributed by atoms with Gasteiger partial charge in [0.2, 0.25) is 0 Å². The van der Waals surface area contributed by atoms with E-state index in [1.54, 1.807) is 37.3 Å². The number of nitrogens with zero attached hydrogens (tertiary/aromatic N) is 2. The van der Waals surface area contributed by atoms with Gasteiger partial charge in [0, 0.05) is 12.6 Å². The summed E-state index contributed by atoms with van der Waals surface area (Å²) in [6.07, 6.45) is -2.25. The summed E-state index contributed by atoms with van der Waals surface area (Å²) in [6, 6.07) is 8.70. The number of carbonyl (C=O) groups is 1. The standard InChI is InChI=1S/C20H27N4O8P/c1-12(19(26)29-3)23-33(28,32-14-7-5-4-6-8-14)31-13(2)16-11-15(25)18(30-16)24-10-9-17(21)22-20(24)27/h4-10,12-13,15-16,18,25H,11H2,1-3H3,(H,23,28)(H2,21,22,27)/t12-,13+,15+,16?,18+,33?/m0/s1. The minimum atomic E-state index is -4.11. The number of para-hydroxylation sites is 1. The third kappa shape index (κ3) is 6.18. The maximum Gasteiger partial charge on any atom is 0.459 e. The first-order valence-electron chi connectivity index (χ1n) is 10.2. The van der Waals surface area contributed by atoms with Gasteiger partial charge in [0.1, 0.15) is 23.7 Å². The molecule has 1 aliphatic heterocycles. The monoisotopic (exact) mass is 482 g/mol. The third-order valence-corrected chi connectivity index (χ3v) is 6.71. The number of nitrogens with two attached hydrogens (primary N) is 1. The molecule has 180 valence electrons. The highest BCUT2D eigenvalue weighted by molar-refractivity contribution is 7.52. The Bertz CT molecular complexity index is 1070. The van der Waals surface area contributed by atoms with Gasteiger partial charge in [0.05, 0.1) is 19.3 Å². The highest BCUT2D eigenvalue weighted by Crippen LogP contribution is 2.47. The number of nitrogens with one attached hydrogen (secondary N) is 1. The lowest BCUT2D eigenvalue weighted by Gasteiger charge is -2.27. The Kier molecular flexibility index (Phi) is 7.88. The molecule has 12 nitrogen and oxygen atoms in total. The van der Waals surface area contributed by atoms with E-state index >= 15 is 0 Å². The zero-order valence-electron chi connectivity index (χ0n) is 18.4. The van der Waals surface area contributed by atoms with Crippen molar-refractivity contribution >= 4 is 19.5 Å². The van der Waals surface area contributed by atoms with Gasteiger partial charge in [-0.2, -0.15) is 10.1 Å². The van der Waals surface area contributed by atoms with Gasteiger partial charge in [0.25, 0.3) is 0 Å². The van der Waals surface area contributed by atoms with Gasteiger partial charge in [-0.1, -0.05) is 18.2 Å². The van der Waals surface area contributed by atoms with Crippen LogP contribution in [0.2, 0.25) is 0 Å². The van der Waals surface area contributed by atoms with E-state index in [4.69, 9.17) is 19.5 Å². The number of anilines is 1. The molecule has 0 bridgehead atoms. The number of nitrogen functional groups attached to an aromatic ring is 1. The SMILES string of the molecule is COC(=O)[C@H](C)NP(=O)(Oc1ccccc1)O[C@H](C)C1C[C@@H](O)[C@H](n2ccc(N)nc2=O)O1. The number of carbonyl (C=O) groups excluding carboxylic acids is 1. The van der Waals surface area contributed by atoms with E-state index in [0.29, 0.717) is 0 Å². The van der Waals surface area contributed by atoms with Crippen LogP contribution in [0.15, 0.2) is 47.4 Å². The second-order valence-corrected chi connectivity index (χ2v) is 9.14. The van der Waals surface area contributed by atoms with Crippen LogP contribution in [-0.4, -0.2) is 52.1 Å². The van der Waals surface area contributed by atoms with Gasteiger partial charge in [0.15, 0.2) is 6.23 Å². The third-order valence-electron chi connectivity index (χ3n) is 4.95. The van der Waals surface area contributed by atoms with Crippen LogP contribution >= 0.6 is 7.75 Å². The molecule has 0 saturated carbocycles. The maximum absolute atomic E-state index is 13.5. The molecule has 0 radical (unpaired) electrons. The summed E-state index contributed by atoms with van der Waals surface area (Å²) < 4.78 is 36.5. The predicted octanol–water partition coefficient (Wildman–Crippen LogP) is 1.22. The summed E-state index contributed by atoms with van der Waals surface area (Å²) in [5.74, 6) is -0.366. The van der Waals surface area contributed by atoms with Gasteiger partial charge < -0.3 is 24.8 Å². The lowest BCUT2D eigenvalue weighted by Crippen LogP contribution is -2.37. The van der Waals surface area contributed by atoms with Crippen molar-refractivity contribution in [2.45, 2.75) is 50.8 Å². The first-order chi connectivity index (χ1) is 15.6. The largest absolute Gasteiger partial charge is 0.468 e. The van der Waals surface area contributed by atoms with Crippen LogP contribution in [0.1, 0.15) is 26.5 Å². The van der Waals surface area contributed by atoms with E-state index < -0.39 is 50.0 Å². The first-order valence-corrected chi connectivity index (χ1v) is 11.7. The number of benzene rings is 1. The molecule has 2 aromatic rings. The van der Waals surface area contributed by atoms with Crippen LogP contribution in [-0.2, 0) is 23.4 Å². The average molecular weight is 482 g/mol. The molecule has 13 heteroatoms. The Morgan fingerprint density at radius 3 is 2.67 bits per heavy atom. The Morgan fingerprint density at radius 1 is 1.33 bits per heavy atom. The molecule has 2 heterocycles. The van der Waals surface area contributed by atoms with Gasteiger partial charge in [-0.3, -0.25) is 13.9 Å². The Labute approximate surface area is 190 Å². The number of ether oxygens (including phenoxy) is 2. The number of esters is 1. The first kappa shape index (κ1) is 24.9. The van der Waals surface area contributed by atoms with E-state index in [2.05, 4.69) is 14.8 Å². The van der Waals surface area contributed by atoms with Crippen molar-refractivity contribution in [3.63, 3.8) is 0 Å². The molecule has 0 spiro atoms. The minimum absolute atomic E-state index is 0.0433. The van der Waals surface area contributed by atoms with Crippen LogP contribution in [0.4, 0.5) is 5.82 Å². The molecule has 1 aliphatic rings. The molecular weight excluding hydrogens is 455 g/mol. The van der Waals surface area contributed by atoms with Crippen LogP contribution in [0.25, 0.3) is 0 Å². The summed E-state index contributed by atoms with van der Waals surface area (Å²) in [5, 5.41) is 13.0. The van der Waals surface area contributed by atoms with Crippen LogP contribution in [0, 0.1) is 0 Å². The van der Waals surface area contributed by atoms with E-state index in [1.165, 1.54) is 26.3 Å². The Balaban J connectivity index is 1.77. The van der Waals surface area contributed by atoms with Gasteiger partial charge in [-0.25, -0.2) is 9.36 Å². The molecule has 1 aromatic heterocycles. The number of aliphatic hydroxyl groups is 1. The fraction of sp³-hybridized carbons (Fsp3) is 0.450. The van der Waals surface area contributed by atoms with E-state index in [9.17, 15) is 19.3 Å². The molecule has 2 unspecified atom stereocenters. The molecule has 1 saturated heterocycles. The number of hydrogen-bond acceptors (Lipinski definition) is 10. The Morgan fingerprint density at radius 2 is 2.03 bits per heavy atom. The minimum Gasteiger partial charge on any atom is -0.468 e. The molecule has 1 aromatic carbocycles. The molecule has 1 fully saturated rings. The van der Waals surface area contributed by atoms with Crippen LogP contribution < -0.4 is 21.0 Å². The zero-order valence-corrected chi connectivity index (χ0v) is 19.3. The van der Waals surface area contributed by atoms with Crippen molar-refractivity contribution in [1.29, 1.82) is 0 Å². The van der Waals surface area contributed by atoms with Crippen molar-refractivity contribution in [2.75, 3.05) is 12.8 Å². The average Bonchev–Trinajstić information content (AvgIpc) is 3.15. The molecule has 3 rings (SSSR count). The van der Waals surface area contributed by atoms with Crippen molar-refractivity contribution in [3.05, 3.63) is 53.1 Å². The number of methoxy groups -OCH3 is 1. The van der Waals surface area contributed by atoms with Crippen molar-refractivity contribution in [2.24, 2.45) is 0 Å². The van der Waals surface area contributed by atoms with Crippen LogP contribution in [0.5, 0.6) is 5.75 Å². The van der Waals surface area contributed by atoms with Gasteiger partial charge >= 0.3 is 19.4 Å². The smallest absolute Gasteiger partial charge is 0.459 e. The molecular formula is C20H27N4O8P. The fourth-order valence-corrected chi connectivity index (χ4v) is 5.01. The second kappa shape index (κ2) is 10.4. The molecule has 6 atom stereocenters. The van der Waals surface area contributed by atoms with Crippen molar-refractivity contribution in [3.8, 4) is 5.75 Å². The molecule has 4 N–H and O–H groups in total. The summed E-state index contributed by atoms with van der Waals surface area (Å²) in [5.41, 5.74) is 4.83. The summed E-state index contributed by atoms with van der Waals surface area (Å²) >= 11 is 0. The summed E-state index contributed by atoms with van der Waals surface area (Å²) in [6.45, 7) is 3.03. The van der Waals surface area contributed by atoms with Gasteiger partial charge in [-0.05, 0) is 32.0 Å². The lowest BCUT2D eigenvalue weighted by atomic mass is 10.1. The van der Waals surface area contributed by atoms with Crippen LogP contribution in [0.3, 0.4) is 0 Å². The van der Waals surface area contributed by atoms with Gasteiger partial charge in [-0.15, -0.1) is 0 Å². The van der Waals surface area contributed by atoms with E-state index in [-0.39, 0.29) is 18.0 Å². The van der Waals surface area contributed by atoms with E-state index in [1.807, 2.05) is 0 Å². The predicted molar refractivity (Wildman–Crippen MR) is 117 cm³/mol. The van der Waals surface area contributed by atoms with Crippen molar-refractivity contribution in [1.82, 2.24) is 14.6 Å². The summed E-state index contributed by atoms with van der Waals surface area (Å²) in [4.78, 5) is 27.6. The molecule has 0 amide bonds. The number of hydrogen-bond donors (Lipinski definition) is 3. The molecule has 0 aliphatic carbocycles. The number of rotatable bonds is 9. The highest BCUT2D eigenvalue weighted by Gasteiger charge is 2.42. The molecule has 33 heavy (non-hydrogen) atoms. The van der Waals surface area contributed by atoms with E-state index in [0.717, 1.165) is 4.57 Å². The number of aromatic nitrogens is 2.